The summed E-state index contributed by atoms with van der Waals surface area (Å²) in [6.45, 7) is 5.65. The molecule has 0 bridgehead atoms. The first-order valence-electron chi connectivity index (χ1n) is 8.95. The molecule has 1 aliphatic rings. The minimum Gasteiger partial charge on any atom is -0.444 e. The van der Waals surface area contributed by atoms with E-state index in [1.807, 2.05) is 0 Å². The Morgan fingerprint density at radius 2 is 1.82 bits per heavy atom. The number of amides is 2. The van der Waals surface area contributed by atoms with Gasteiger partial charge in [0, 0.05) is 51.9 Å². The molecule has 28 heavy (non-hydrogen) atoms. The molecular weight excluding hydrogens is 375 g/mol. The molecule has 1 aromatic rings. The van der Waals surface area contributed by atoms with Gasteiger partial charge in [-0.05, 0) is 26.8 Å². The number of benzene rings is 1. The van der Waals surface area contributed by atoms with E-state index in [0.29, 0.717) is 12.6 Å². The van der Waals surface area contributed by atoms with Gasteiger partial charge in [0.1, 0.15) is 17.5 Å². The maximum absolute atomic E-state index is 14.0. The number of likely N-dealkylation sites (N-methyl/N-ethyl adjacent to an activating group) is 1. The van der Waals surface area contributed by atoms with E-state index in [4.69, 9.17) is 4.74 Å². The van der Waals surface area contributed by atoms with Gasteiger partial charge in [0.15, 0.2) is 11.6 Å². The van der Waals surface area contributed by atoms with Crippen molar-refractivity contribution in [3.63, 3.8) is 0 Å². The lowest BCUT2D eigenvalue weighted by atomic mass is 10.1. The summed E-state index contributed by atoms with van der Waals surface area (Å²) in [5.41, 5.74) is -0.860. The molecule has 0 spiro atoms. The molecule has 0 saturated carbocycles. The van der Waals surface area contributed by atoms with Crippen LogP contribution in [0.5, 0.6) is 0 Å². The topological polar surface area (TPSA) is 53.1 Å². The molecule has 1 aromatic carbocycles. The largest absolute Gasteiger partial charge is 0.444 e. The van der Waals surface area contributed by atoms with Gasteiger partial charge in [-0.1, -0.05) is 0 Å². The number of halogens is 3. The number of piperazine rings is 1. The quantitative estimate of drug-likeness (QED) is 0.731. The molecule has 1 heterocycles. The van der Waals surface area contributed by atoms with Crippen LogP contribution in [0.1, 0.15) is 26.3 Å². The minimum absolute atomic E-state index is 0.0835. The summed E-state index contributed by atoms with van der Waals surface area (Å²) in [5, 5.41) is 0. The zero-order chi connectivity index (χ0) is 21.2. The van der Waals surface area contributed by atoms with Gasteiger partial charge in [-0.2, -0.15) is 0 Å². The van der Waals surface area contributed by atoms with Crippen molar-refractivity contribution in [1.82, 2.24) is 14.7 Å². The Hall–Kier alpha value is -2.29. The van der Waals surface area contributed by atoms with Crippen LogP contribution in [0, 0.1) is 17.5 Å². The van der Waals surface area contributed by atoms with E-state index in [9.17, 15) is 22.8 Å². The second kappa shape index (κ2) is 8.38. The smallest absolute Gasteiger partial charge is 0.411 e. The molecule has 1 fully saturated rings. The number of rotatable bonds is 3. The van der Waals surface area contributed by atoms with Crippen molar-refractivity contribution < 1.29 is 27.5 Å². The minimum atomic E-state index is -1.26. The van der Waals surface area contributed by atoms with Crippen molar-refractivity contribution in [2.45, 2.75) is 39.0 Å². The van der Waals surface area contributed by atoms with Gasteiger partial charge in [0.25, 0.3) is 0 Å². The molecule has 1 unspecified atom stereocenters. The molecule has 156 valence electrons. The Balaban J connectivity index is 2.20. The van der Waals surface area contributed by atoms with Gasteiger partial charge < -0.3 is 9.64 Å². The van der Waals surface area contributed by atoms with Gasteiger partial charge in [0.05, 0.1) is 0 Å². The standard InChI is InChI=1S/C19H26F3N3O3/c1-19(2,3)28-18(27)25-7-6-24(11-15(25)17(26)23(4)5)10-12-8-13(20)9-14(21)16(12)22/h8-9,15H,6-7,10-11H2,1-5H3. The summed E-state index contributed by atoms with van der Waals surface area (Å²) >= 11 is 0. The van der Waals surface area contributed by atoms with Crippen LogP contribution >= 0.6 is 0 Å². The van der Waals surface area contributed by atoms with Crippen LogP contribution < -0.4 is 0 Å². The highest BCUT2D eigenvalue weighted by atomic mass is 19.2. The molecular formula is C19H26F3N3O3. The number of hydrogen-bond acceptors (Lipinski definition) is 4. The third-order valence-corrected chi connectivity index (χ3v) is 4.28. The highest BCUT2D eigenvalue weighted by molar-refractivity contribution is 5.86. The first kappa shape index (κ1) is 22.0. The van der Waals surface area contributed by atoms with Crippen LogP contribution in [-0.4, -0.2) is 72.1 Å². The average Bonchev–Trinajstić information content (AvgIpc) is 2.56. The lowest BCUT2D eigenvalue weighted by molar-refractivity contribution is -0.136. The summed E-state index contributed by atoms with van der Waals surface area (Å²) < 4.78 is 46.3. The van der Waals surface area contributed by atoms with Crippen molar-refractivity contribution in [1.29, 1.82) is 0 Å². The lowest BCUT2D eigenvalue weighted by Crippen LogP contribution is -2.60. The van der Waals surface area contributed by atoms with E-state index in [-0.39, 0.29) is 31.1 Å². The van der Waals surface area contributed by atoms with E-state index < -0.39 is 35.2 Å². The molecule has 9 heteroatoms. The summed E-state index contributed by atoms with van der Waals surface area (Å²) in [6.07, 6.45) is -0.615. The maximum atomic E-state index is 14.0. The lowest BCUT2D eigenvalue weighted by Gasteiger charge is -2.41. The highest BCUT2D eigenvalue weighted by Crippen LogP contribution is 2.21. The van der Waals surface area contributed by atoms with E-state index in [2.05, 4.69) is 0 Å². The Labute approximate surface area is 162 Å². The first-order chi connectivity index (χ1) is 12.9. The Morgan fingerprint density at radius 3 is 2.39 bits per heavy atom. The molecule has 0 N–H and O–H groups in total. The molecule has 1 atom stereocenters. The normalized spacial score (nSPS) is 18.1. The molecule has 1 saturated heterocycles. The SMILES string of the molecule is CN(C)C(=O)C1CN(Cc2cc(F)cc(F)c2F)CCN1C(=O)OC(C)(C)C. The summed E-state index contributed by atoms with van der Waals surface area (Å²) in [7, 11) is 3.13. The summed E-state index contributed by atoms with van der Waals surface area (Å²) in [6, 6.07) is 0.569. The number of carbonyl (C=O) groups excluding carboxylic acids is 2. The summed E-state index contributed by atoms with van der Waals surface area (Å²) in [5.74, 6) is -3.57. The van der Waals surface area contributed by atoms with Crippen LogP contribution in [0.25, 0.3) is 0 Å². The fraction of sp³-hybridized carbons (Fsp3) is 0.579. The molecule has 0 radical (unpaired) electrons. The Bertz CT molecular complexity index is 750. The fourth-order valence-electron chi connectivity index (χ4n) is 3.00. The predicted octanol–water partition coefficient (Wildman–Crippen LogP) is 2.61. The van der Waals surface area contributed by atoms with E-state index in [1.54, 1.807) is 39.8 Å². The molecule has 2 amide bonds. The molecule has 0 aliphatic carbocycles. The van der Waals surface area contributed by atoms with Crippen LogP contribution in [0.2, 0.25) is 0 Å². The van der Waals surface area contributed by atoms with Crippen LogP contribution in [-0.2, 0) is 16.1 Å². The van der Waals surface area contributed by atoms with Crippen molar-refractivity contribution in [2.75, 3.05) is 33.7 Å². The van der Waals surface area contributed by atoms with Crippen LogP contribution in [0.3, 0.4) is 0 Å². The van der Waals surface area contributed by atoms with Crippen molar-refractivity contribution in [2.24, 2.45) is 0 Å². The van der Waals surface area contributed by atoms with Gasteiger partial charge in [0.2, 0.25) is 5.91 Å². The Morgan fingerprint density at radius 1 is 1.18 bits per heavy atom. The second-order valence-corrected chi connectivity index (χ2v) is 8.02. The predicted molar refractivity (Wildman–Crippen MR) is 97.0 cm³/mol. The van der Waals surface area contributed by atoms with Gasteiger partial charge in [-0.3, -0.25) is 14.6 Å². The van der Waals surface area contributed by atoms with Crippen molar-refractivity contribution in [3.8, 4) is 0 Å². The molecule has 1 aliphatic heterocycles. The van der Waals surface area contributed by atoms with Gasteiger partial charge in [-0.15, -0.1) is 0 Å². The Kier molecular flexibility index (Phi) is 6.59. The highest BCUT2D eigenvalue weighted by Gasteiger charge is 2.38. The number of carbonyl (C=O) groups is 2. The molecule has 6 nitrogen and oxygen atoms in total. The number of hydrogen-bond donors (Lipinski definition) is 0. The zero-order valence-corrected chi connectivity index (χ0v) is 16.8. The van der Waals surface area contributed by atoms with Crippen molar-refractivity contribution >= 4 is 12.0 Å². The van der Waals surface area contributed by atoms with E-state index >= 15 is 0 Å². The number of ether oxygens (including phenoxy) is 1. The van der Waals surface area contributed by atoms with Gasteiger partial charge in [-0.25, -0.2) is 18.0 Å². The van der Waals surface area contributed by atoms with Crippen molar-refractivity contribution in [3.05, 3.63) is 35.1 Å². The first-order valence-corrected chi connectivity index (χ1v) is 8.95. The molecule has 0 aromatic heterocycles. The van der Waals surface area contributed by atoms with E-state index in [0.717, 1.165) is 6.07 Å². The van der Waals surface area contributed by atoms with Crippen LogP contribution in [0.15, 0.2) is 12.1 Å². The van der Waals surface area contributed by atoms with Gasteiger partial charge >= 0.3 is 6.09 Å². The average molecular weight is 401 g/mol. The van der Waals surface area contributed by atoms with Crippen LogP contribution in [0.4, 0.5) is 18.0 Å². The summed E-state index contributed by atoms with van der Waals surface area (Å²) in [4.78, 5) is 29.5. The monoisotopic (exact) mass is 401 g/mol. The van der Waals surface area contributed by atoms with E-state index in [1.165, 1.54) is 9.80 Å². The third-order valence-electron chi connectivity index (χ3n) is 4.28. The number of nitrogens with zero attached hydrogens (tertiary/aromatic N) is 3. The third kappa shape index (κ3) is 5.37. The maximum Gasteiger partial charge on any atom is 0.411 e. The zero-order valence-electron chi connectivity index (χ0n) is 16.8. The second-order valence-electron chi connectivity index (χ2n) is 8.02. The molecule has 2 rings (SSSR count). The fourth-order valence-corrected chi connectivity index (χ4v) is 3.00.